The van der Waals surface area contributed by atoms with Crippen molar-refractivity contribution in [1.29, 1.82) is 0 Å². The smallest absolute Gasteiger partial charge is 0.270 e. The first-order valence-electron chi connectivity index (χ1n) is 6.69. The van der Waals surface area contributed by atoms with Crippen molar-refractivity contribution in [3.05, 3.63) is 23.5 Å². The first kappa shape index (κ1) is 14.3. The quantitative estimate of drug-likeness (QED) is 0.616. The molecule has 0 aromatic carbocycles. The van der Waals surface area contributed by atoms with Crippen LogP contribution in [0.3, 0.4) is 0 Å². The summed E-state index contributed by atoms with van der Waals surface area (Å²) in [5, 5.41) is 1.01. The fourth-order valence-corrected chi connectivity index (χ4v) is 2.76. The monoisotopic (exact) mass is 326 g/mol. The number of hydrogen-bond donors (Lipinski definition) is 0. The Bertz CT molecular complexity index is 482. The second kappa shape index (κ2) is 6.37. The van der Waals surface area contributed by atoms with Gasteiger partial charge in [-0.1, -0.05) is 22.4 Å². The van der Waals surface area contributed by atoms with Crippen molar-refractivity contribution in [2.45, 2.75) is 32.2 Å². The van der Waals surface area contributed by atoms with Crippen molar-refractivity contribution >= 4 is 27.6 Å². The summed E-state index contributed by atoms with van der Waals surface area (Å²) in [6.45, 7) is 1.31. The fraction of sp³-hybridized carbons (Fsp3) is 0.571. The average molecular weight is 327 g/mol. The van der Waals surface area contributed by atoms with E-state index in [4.69, 9.17) is 0 Å². The van der Waals surface area contributed by atoms with Crippen molar-refractivity contribution in [3.8, 4) is 0 Å². The SMILES string of the molecule is CN1CCC(=O)c2ccn(CCCCCBr)c2C1=O. The third-order valence-corrected chi connectivity index (χ3v) is 4.08. The molecule has 104 valence electrons. The molecule has 0 aliphatic carbocycles. The molecule has 1 aromatic heterocycles. The zero-order valence-corrected chi connectivity index (χ0v) is 12.8. The van der Waals surface area contributed by atoms with Gasteiger partial charge in [-0.3, -0.25) is 9.59 Å². The van der Waals surface area contributed by atoms with E-state index < -0.39 is 0 Å². The third-order valence-electron chi connectivity index (χ3n) is 3.52. The molecule has 0 bridgehead atoms. The maximum Gasteiger partial charge on any atom is 0.270 e. The average Bonchev–Trinajstić information content (AvgIpc) is 2.79. The van der Waals surface area contributed by atoms with E-state index in [1.165, 1.54) is 0 Å². The number of rotatable bonds is 5. The number of unbranched alkanes of at least 4 members (excludes halogenated alkanes) is 2. The highest BCUT2D eigenvalue weighted by Crippen LogP contribution is 2.20. The molecule has 1 aliphatic rings. The first-order valence-corrected chi connectivity index (χ1v) is 7.81. The van der Waals surface area contributed by atoms with Crippen molar-refractivity contribution in [3.63, 3.8) is 0 Å². The van der Waals surface area contributed by atoms with Gasteiger partial charge in [-0.25, -0.2) is 0 Å². The van der Waals surface area contributed by atoms with E-state index in [0.29, 0.717) is 24.2 Å². The Labute approximate surface area is 121 Å². The molecule has 0 atom stereocenters. The minimum Gasteiger partial charge on any atom is -0.343 e. The Hall–Kier alpha value is -1.10. The largest absolute Gasteiger partial charge is 0.343 e. The Kier molecular flexibility index (Phi) is 4.80. The molecule has 0 unspecified atom stereocenters. The van der Waals surface area contributed by atoms with Gasteiger partial charge in [0.15, 0.2) is 5.78 Å². The summed E-state index contributed by atoms with van der Waals surface area (Å²) in [5.74, 6) is 0.0400. The van der Waals surface area contributed by atoms with E-state index in [9.17, 15) is 9.59 Å². The summed E-state index contributed by atoms with van der Waals surface area (Å²) in [7, 11) is 1.76. The van der Waals surface area contributed by atoms with Crippen LogP contribution < -0.4 is 0 Å². The van der Waals surface area contributed by atoms with Gasteiger partial charge in [-0.05, 0) is 18.9 Å². The summed E-state index contributed by atoms with van der Waals surface area (Å²) in [5.41, 5.74) is 1.17. The summed E-state index contributed by atoms with van der Waals surface area (Å²) in [6.07, 6.45) is 5.57. The van der Waals surface area contributed by atoms with Gasteiger partial charge in [0.1, 0.15) is 5.69 Å². The molecule has 4 nitrogen and oxygen atoms in total. The van der Waals surface area contributed by atoms with Gasteiger partial charge in [0.05, 0.1) is 0 Å². The minimum absolute atomic E-state index is 0.0358. The number of Topliss-reactive ketones (excluding diaryl/α,β-unsaturated/α-hetero) is 1. The normalized spacial score (nSPS) is 15.6. The lowest BCUT2D eigenvalue weighted by molar-refractivity contribution is 0.0787. The summed E-state index contributed by atoms with van der Waals surface area (Å²) in [6, 6.07) is 1.79. The molecule has 0 saturated carbocycles. The van der Waals surface area contributed by atoms with Gasteiger partial charge < -0.3 is 9.47 Å². The van der Waals surface area contributed by atoms with Gasteiger partial charge in [0, 0.05) is 43.6 Å². The zero-order chi connectivity index (χ0) is 13.8. The van der Waals surface area contributed by atoms with Crippen molar-refractivity contribution in [2.75, 3.05) is 18.9 Å². The molecule has 1 aromatic rings. The number of carbonyl (C=O) groups is 2. The van der Waals surface area contributed by atoms with Gasteiger partial charge >= 0.3 is 0 Å². The lowest BCUT2D eigenvalue weighted by atomic mass is 10.1. The maximum absolute atomic E-state index is 12.3. The number of carbonyl (C=O) groups excluding carboxylic acids is 2. The van der Waals surface area contributed by atoms with Crippen LogP contribution in [0.1, 0.15) is 46.5 Å². The Morgan fingerprint density at radius 2 is 2.05 bits per heavy atom. The maximum atomic E-state index is 12.3. The van der Waals surface area contributed by atoms with Crippen LogP contribution in [0.5, 0.6) is 0 Å². The van der Waals surface area contributed by atoms with E-state index in [0.717, 1.165) is 31.1 Å². The zero-order valence-electron chi connectivity index (χ0n) is 11.2. The summed E-state index contributed by atoms with van der Waals surface area (Å²) < 4.78 is 1.94. The number of aromatic nitrogens is 1. The number of amides is 1. The molecule has 0 saturated heterocycles. The molecular weight excluding hydrogens is 308 g/mol. The van der Waals surface area contributed by atoms with Gasteiger partial charge in [-0.15, -0.1) is 0 Å². The summed E-state index contributed by atoms with van der Waals surface area (Å²) in [4.78, 5) is 25.9. The lowest BCUT2D eigenvalue weighted by Crippen LogP contribution is -2.28. The Balaban J connectivity index is 2.18. The first-order chi connectivity index (χ1) is 9.15. The van der Waals surface area contributed by atoms with E-state index in [2.05, 4.69) is 15.9 Å². The van der Waals surface area contributed by atoms with E-state index in [-0.39, 0.29) is 11.7 Å². The van der Waals surface area contributed by atoms with Crippen LogP contribution in [-0.2, 0) is 6.54 Å². The number of ketones is 1. The number of aryl methyl sites for hydroxylation is 1. The van der Waals surface area contributed by atoms with Crippen molar-refractivity contribution in [1.82, 2.24) is 9.47 Å². The number of halogens is 1. The Morgan fingerprint density at radius 3 is 2.79 bits per heavy atom. The van der Waals surface area contributed by atoms with Crippen molar-refractivity contribution < 1.29 is 9.59 Å². The van der Waals surface area contributed by atoms with Crippen LogP contribution in [0.25, 0.3) is 0 Å². The summed E-state index contributed by atoms with van der Waals surface area (Å²) >= 11 is 3.41. The van der Waals surface area contributed by atoms with Crippen LogP contribution in [0.4, 0.5) is 0 Å². The number of fused-ring (bicyclic) bond motifs is 1. The predicted octanol–water partition coefficient (Wildman–Crippen LogP) is 2.71. The number of hydrogen-bond acceptors (Lipinski definition) is 2. The standard InChI is InChI=1S/C14H19BrN2O2/c1-16-9-6-12(18)11-5-10-17(13(11)14(16)19)8-4-2-3-7-15/h5,10H,2-4,6-9H2,1H3. The second-order valence-electron chi connectivity index (χ2n) is 4.92. The molecule has 2 rings (SSSR count). The van der Waals surface area contributed by atoms with Crippen LogP contribution >= 0.6 is 15.9 Å². The molecular formula is C14H19BrN2O2. The van der Waals surface area contributed by atoms with Crippen LogP contribution in [0.15, 0.2) is 12.3 Å². The third kappa shape index (κ3) is 3.08. The molecule has 2 heterocycles. The van der Waals surface area contributed by atoms with Crippen molar-refractivity contribution in [2.24, 2.45) is 0 Å². The highest BCUT2D eigenvalue weighted by atomic mass is 79.9. The predicted molar refractivity (Wildman–Crippen MR) is 78.0 cm³/mol. The number of alkyl halides is 1. The van der Waals surface area contributed by atoms with Crippen LogP contribution in [0, 0.1) is 0 Å². The van der Waals surface area contributed by atoms with E-state index in [1.807, 2.05) is 10.8 Å². The topological polar surface area (TPSA) is 42.3 Å². The van der Waals surface area contributed by atoms with Crippen LogP contribution in [-0.4, -0.2) is 40.1 Å². The molecule has 1 amide bonds. The van der Waals surface area contributed by atoms with E-state index in [1.54, 1.807) is 18.0 Å². The van der Waals surface area contributed by atoms with Gasteiger partial charge in [0.2, 0.25) is 0 Å². The molecule has 0 radical (unpaired) electrons. The highest BCUT2D eigenvalue weighted by molar-refractivity contribution is 9.09. The van der Waals surface area contributed by atoms with Gasteiger partial charge in [-0.2, -0.15) is 0 Å². The van der Waals surface area contributed by atoms with E-state index >= 15 is 0 Å². The molecule has 0 spiro atoms. The molecule has 19 heavy (non-hydrogen) atoms. The highest BCUT2D eigenvalue weighted by Gasteiger charge is 2.27. The molecule has 5 heteroatoms. The van der Waals surface area contributed by atoms with Gasteiger partial charge in [0.25, 0.3) is 5.91 Å². The van der Waals surface area contributed by atoms with Crippen LogP contribution in [0.2, 0.25) is 0 Å². The molecule has 0 N–H and O–H groups in total. The number of nitrogens with zero attached hydrogens (tertiary/aromatic N) is 2. The second-order valence-corrected chi connectivity index (χ2v) is 5.71. The fourth-order valence-electron chi connectivity index (χ4n) is 2.36. The minimum atomic E-state index is -0.0358. The molecule has 1 aliphatic heterocycles. The Morgan fingerprint density at radius 1 is 1.26 bits per heavy atom. The molecule has 0 fully saturated rings. The lowest BCUT2D eigenvalue weighted by Gasteiger charge is -2.15.